The largest absolute Gasteiger partial charge is 0.298 e. The Hall–Kier alpha value is -1.01. The Balaban J connectivity index is 0.000000845. The Morgan fingerprint density at radius 3 is 2.38 bits per heavy atom. The Morgan fingerprint density at radius 2 is 1.62 bits per heavy atom. The monoisotopic (exact) mass is 220 g/mol. The molecule has 0 heterocycles. The summed E-state index contributed by atoms with van der Waals surface area (Å²) in [6, 6.07) is 13.6. The normalized spacial score (nSPS) is 9.23. The molecule has 0 aliphatic rings. The Labute approximate surface area is 89.5 Å². The molecule has 60 valence electrons. The van der Waals surface area contributed by atoms with Gasteiger partial charge in [-0.05, 0) is 10.8 Å². The summed E-state index contributed by atoms with van der Waals surface area (Å²) in [6.07, 6.45) is 0.891. The van der Waals surface area contributed by atoms with E-state index in [1.165, 1.54) is 0 Å². The van der Waals surface area contributed by atoms with Gasteiger partial charge in [-0.2, -0.15) is 0 Å². The second-order valence-corrected chi connectivity index (χ2v) is 2.69. The summed E-state index contributed by atoms with van der Waals surface area (Å²) in [6.45, 7) is 0. The van der Waals surface area contributed by atoms with E-state index in [4.69, 9.17) is 0 Å². The Kier molecular flexibility index (Phi) is 3.33. The van der Waals surface area contributed by atoms with Crippen molar-refractivity contribution >= 4 is 17.1 Å². The van der Waals surface area contributed by atoms with Crippen LogP contribution < -0.4 is 0 Å². The molecule has 2 aromatic rings. The van der Waals surface area contributed by atoms with E-state index in [-0.39, 0.29) is 19.5 Å². The summed E-state index contributed by atoms with van der Waals surface area (Å²) in [5.41, 5.74) is 0.758. The van der Waals surface area contributed by atoms with Gasteiger partial charge in [-0.1, -0.05) is 42.5 Å². The van der Waals surface area contributed by atoms with E-state index in [0.717, 1.165) is 22.6 Å². The summed E-state index contributed by atoms with van der Waals surface area (Å²) in [5, 5.41) is 2.14. The van der Waals surface area contributed by atoms with Gasteiger partial charge in [-0.3, -0.25) is 4.79 Å². The Morgan fingerprint density at radius 1 is 0.923 bits per heavy atom. The van der Waals surface area contributed by atoms with Crippen LogP contribution in [0.1, 0.15) is 10.4 Å². The molecule has 0 atom stereocenters. The van der Waals surface area contributed by atoms with Crippen molar-refractivity contribution in [3.05, 3.63) is 48.0 Å². The fourth-order valence-corrected chi connectivity index (χ4v) is 1.35. The van der Waals surface area contributed by atoms with Gasteiger partial charge < -0.3 is 0 Å². The molecule has 1 nitrogen and oxygen atoms in total. The first kappa shape index (κ1) is 10.1. The molecule has 0 unspecified atom stereocenters. The third-order valence-corrected chi connectivity index (χ3v) is 1.95. The molecule has 0 amide bonds. The van der Waals surface area contributed by atoms with Crippen molar-refractivity contribution in [1.29, 1.82) is 0 Å². The number of aldehydes is 1. The van der Waals surface area contributed by atoms with E-state index in [2.05, 4.69) is 0 Å². The molecule has 0 spiro atoms. The number of hydrogen-bond donors (Lipinski definition) is 0. The summed E-state index contributed by atoms with van der Waals surface area (Å²) in [7, 11) is 0. The van der Waals surface area contributed by atoms with Crippen LogP contribution in [0.3, 0.4) is 0 Å². The van der Waals surface area contributed by atoms with Gasteiger partial charge in [-0.25, -0.2) is 0 Å². The second-order valence-electron chi connectivity index (χ2n) is 2.69. The summed E-state index contributed by atoms with van der Waals surface area (Å²) >= 11 is 0. The van der Waals surface area contributed by atoms with E-state index in [0.29, 0.717) is 0 Å². The zero-order valence-corrected chi connectivity index (χ0v) is 10.2. The van der Waals surface area contributed by atoms with E-state index in [9.17, 15) is 4.79 Å². The van der Waals surface area contributed by atoms with Crippen LogP contribution >= 0.6 is 0 Å². The topological polar surface area (TPSA) is 17.1 Å². The van der Waals surface area contributed by atoms with Crippen molar-refractivity contribution in [2.45, 2.75) is 0 Å². The summed E-state index contributed by atoms with van der Waals surface area (Å²) in [4.78, 5) is 10.6. The predicted octanol–water partition coefficient (Wildman–Crippen LogP) is 2.65. The molecule has 0 aliphatic heterocycles. The van der Waals surface area contributed by atoms with Gasteiger partial charge in [0.2, 0.25) is 0 Å². The van der Waals surface area contributed by atoms with Gasteiger partial charge in [0, 0.05) is 25.0 Å². The Bertz CT molecular complexity index is 418. The van der Waals surface area contributed by atoms with Gasteiger partial charge in [0.05, 0.1) is 0 Å². The van der Waals surface area contributed by atoms with Crippen LogP contribution in [-0.4, -0.2) is 6.29 Å². The van der Waals surface area contributed by atoms with Crippen molar-refractivity contribution in [2.75, 3.05) is 0 Å². The van der Waals surface area contributed by atoms with E-state index < -0.39 is 0 Å². The van der Waals surface area contributed by atoms with Crippen LogP contribution in [0, 0.1) is 0 Å². The molecule has 2 rings (SSSR count). The van der Waals surface area contributed by atoms with Gasteiger partial charge in [0.1, 0.15) is 0 Å². The van der Waals surface area contributed by atoms with Crippen molar-refractivity contribution in [1.82, 2.24) is 0 Å². The van der Waals surface area contributed by atoms with Crippen molar-refractivity contribution in [3.8, 4) is 0 Å². The number of hydrogen-bond acceptors (Lipinski definition) is 1. The first-order valence-electron chi connectivity index (χ1n) is 3.85. The molecule has 2 aromatic carbocycles. The minimum absolute atomic E-state index is 0. The first-order chi connectivity index (χ1) is 5.92. The minimum Gasteiger partial charge on any atom is -0.298 e. The van der Waals surface area contributed by atoms with Gasteiger partial charge >= 0.3 is 0 Å². The standard InChI is InChI=1S/C11H8O.Zn/c12-8-10-6-3-5-9-4-1-2-7-11(9)10;/h1-8H;. The average molecular weight is 222 g/mol. The third-order valence-electron chi connectivity index (χ3n) is 1.95. The SMILES string of the molecule is O=Cc1cccc2ccccc12.[Zn]. The first-order valence-corrected chi connectivity index (χ1v) is 3.85. The number of benzene rings is 2. The molecule has 0 saturated heterocycles. The van der Waals surface area contributed by atoms with Crippen molar-refractivity contribution in [3.63, 3.8) is 0 Å². The quantitative estimate of drug-likeness (QED) is 0.535. The van der Waals surface area contributed by atoms with Crippen molar-refractivity contribution < 1.29 is 24.3 Å². The molecular weight excluding hydrogens is 214 g/mol. The molecule has 0 radical (unpaired) electrons. The maximum Gasteiger partial charge on any atom is 0.150 e. The summed E-state index contributed by atoms with van der Waals surface area (Å²) in [5.74, 6) is 0. The van der Waals surface area contributed by atoms with Gasteiger partial charge in [0.25, 0.3) is 0 Å². The molecule has 0 bridgehead atoms. The van der Waals surface area contributed by atoms with Gasteiger partial charge in [-0.15, -0.1) is 0 Å². The van der Waals surface area contributed by atoms with E-state index in [1.54, 1.807) is 0 Å². The summed E-state index contributed by atoms with van der Waals surface area (Å²) < 4.78 is 0. The second kappa shape index (κ2) is 4.29. The molecule has 0 aromatic heterocycles. The molecule has 0 aliphatic carbocycles. The third kappa shape index (κ3) is 1.84. The fourth-order valence-electron chi connectivity index (χ4n) is 1.35. The van der Waals surface area contributed by atoms with Crippen LogP contribution in [0.5, 0.6) is 0 Å². The average Bonchev–Trinajstić information content (AvgIpc) is 2.17. The zero-order chi connectivity index (χ0) is 8.39. The number of fused-ring (bicyclic) bond motifs is 1. The van der Waals surface area contributed by atoms with Crippen LogP contribution in [-0.2, 0) is 19.5 Å². The minimum atomic E-state index is 0. The fraction of sp³-hybridized carbons (Fsp3) is 0. The molecule has 0 saturated carbocycles. The van der Waals surface area contributed by atoms with E-state index >= 15 is 0 Å². The number of carbonyl (C=O) groups is 1. The molecule has 13 heavy (non-hydrogen) atoms. The van der Waals surface area contributed by atoms with Gasteiger partial charge in [0.15, 0.2) is 6.29 Å². The number of rotatable bonds is 1. The molecular formula is C11H8OZn. The zero-order valence-electron chi connectivity index (χ0n) is 7.23. The maximum atomic E-state index is 10.6. The molecule has 2 heteroatoms. The van der Waals surface area contributed by atoms with Crippen LogP contribution in [0.4, 0.5) is 0 Å². The molecule has 0 fully saturated rings. The smallest absolute Gasteiger partial charge is 0.150 e. The van der Waals surface area contributed by atoms with Crippen LogP contribution in [0.15, 0.2) is 42.5 Å². The maximum absolute atomic E-state index is 10.6. The van der Waals surface area contributed by atoms with Crippen LogP contribution in [0.25, 0.3) is 10.8 Å². The van der Waals surface area contributed by atoms with Crippen molar-refractivity contribution in [2.24, 2.45) is 0 Å². The molecule has 0 N–H and O–H groups in total. The predicted molar refractivity (Wildman–Crippen MR) is 49.3 cm³/mol. The van der Waals surface area contributed by atoms with E-state index in [1.807, 2.05) is 42.5 Å². The number of carbonyl (C=O) groups excluding carboxylic acids is 1. The van der Waals surface area contributed by atoms with Crippen LogP contribution in [0.2, 0.25) is 0 Å².